The molecule has 0 spiro atoms. The van der Waals surface area contributed by atoms with Gasteiger partial charge in [-0.15, -0.1) is 0 Å². The molecule has 0 aliphatic rings. The van der Waals surface area contributed by atoms with Crippen LogP contribution in [0.15, 0.2) is 47.5 Å². The number of halogens is 5. The molecule has 196 valence electrons. The summed E-state index contributed by atoms with van der Waals surface area (Å²) in [7, 11) is 0. The molecule has 0 aliphatic heterocycles. The van der Waals surface area contributed by atoms with E-state index in [9.17, 15) is 18.0 Å². The van der Waals surface area contributed by atoms with Crippen molar-refractivity contribution in [3.05, 3.63) is 74.4 Å². The molecule has 0 aliphatic carbocycles. The molecule has 10 heteroatoms. The van der Waals surface area contributed by atoms with Gasteiger partial charge in [0.2, 0.25) is 0 Å². The lowest BCUT2D eigenvalue weighted by molar-refractivity contribution is -0.143. The van der Waals surface area contributed by atoms with E-state index in [2.05, 4.69) is 18.9 Å². The van der Waals surface area contributed by atoms with Crippen LogP contribution in [0.5, 0.6) is 0 Å². The van der Waals surface area contributed by atoms with E-state index in [1.807, 2.05) is 0 Å². The Balaban J connectivity index is 1.79. The number of rotatable bonds is 11. The summed E-state index contributed by atoms with van der Waals surface area (Å²) in [5.41, 5.74) is 5.40. The first-order chi connectivity index (χ1) is 17.0. The Bertz CT molecular complexity index is 1210. The van der Waals surface area contributed by atoms with Crippen molar-refractivity contribution in [1.29, 1.82) is 0 Å². The average molecular weight is 543 g/mol. The second-order valence-corrected chi connectivity index (χ2v) is 9.95. The number of benzene rings is 1. The van der Waals surface area contributed by atoms with E-state index >= 15 is 0 Å². The SMILES string of the molecule is CCCCC(C)CCCCC(N)c1cnn(-c2ccc(-n3ccc(Cl)c(Cl)c3=O)cc2)c1C(F)(F)F. The molecule has 3 aromatic rings. The summed E-state index contributed by atoms with van der Waals surface area (Å²) in [6.07, 6.45) is 4.73. The molecule has 0 bridgehead atoms. The van der Waals surface area contributed by atoms with Crippen molar-refractivity contribution >= 4 is 23.2 Å². The second-order valence-electron chi connectivity index (χ2n) is 9.17. The third-order valence-corrected chi connectivity index (χ3v) is 7.11. The zero-order valence-electron chi connectivity index (χ0n) is 20.4. The molecule has 3 rings (SSSR count). The van der Waals surface area contributed by atoms with Crippen molar-refractivity contribution in [2.75, 3.05) is 0 Å². The van der Waals surface area contributed by atoms with Gasteiger partial charge < -0.3 is 5.73 Å². The topological polar surface area (TPSA) is 65.8 Å². The summed E-state index contributed by atoms with van der Waals surface area (Å²) >= 11 is 11.8. The molecule has 1 aromatic carbocycles. The van der Waals surface area contributed by atoms with Crippen LogP contribution in [0.3, 0.4) is 0 Å². The van der Waals surface area contributed by atoms with Crippen LogP contribution in [0.25, 0.3) is 11.4 Å². The molecule has 0 saturated heterocycles. The lowest BCUT2D eigenvalue weighted by Gasteiger charge is -2.17. The number of alkyl halides is 3. The minimum Gasteiger partial charge on any atom is -0.324 e. The van der Waals surface area contributed by atoms with Crippen LogP contribution in [0, 0.1) is 5.92 Å². The summed E-state index contributed by atoms with van der Waals surface area (Å²) in [6.45, 7) is 4.38. The quantitative estimate of drug-likeness (QED) is 0.252. The van der Waals surface area contributed by atoms with Gasteiger partial charge in [0.05, 0.1) is 16.9 Å². The van der Waals surface area contributed by atoms with Gasteiger partial charge in [-0.2, -0.15) is 18.3 Å². The summed E-state index contributed by atoms with van der Waals surface area (Å²) < 4.78 is 44.4. The second kappa shape index (κ2) is 12.3. The van der Waals surface area contributed by atoms with Gasteiger partial charge in [0, 0.05) is 23.5 Å². The smallest absolute Gasteiger partial charge is 0.324 e. The number of pyridine rings is 1. The first-order valence-electron chi connectivity index (χ1n) is 12.1. The highest BCUT2D eigenvalue weighted by molar-refractivity contribution is 6.41. The van der Waals surface area contributed by atoms with Gasteiger partial charge in [0.15, 0.2) is 5.69 Å². The maximum Gasteiger partial charge on any atom is 0.433 e. The fraction of sp³-hybridized carbons (Fsp3) is 0.462. The Morgan fingerprint density at radius 3 is 2.25 bits per heavy atom. The molecule has 2 aromatic heterocycles. The number of unbranched alkanes of at least 4 members (excludes halogenated alkanes) is 2. The fourth-order valence-electron chi connectivity index (χ4n) is 4.27. The Morgan fingerprint density at radius 2 is 1.61 bits per heavy atom. The minimum atomic E-state index is -4.64. The van der Waals surface area contributed by atoms with Crippen molar-refractivity contribution in [1.82, 2.24) is 14.3 Å². The van der Waals surface area contributed by atoms with Gasteiger partial charge in [-0.05, 0) is 42.7 Å². The predicted octanol–water partition coefficient (Wildman–Crippen LogP) is 7.74. The third-order valence-electron chi connectivity index (χ3n) is 6.34. The molecule has 0 radical (unpaired) electrons. The summed E-state index contributed by atoms with van der Waals surface area (Å²) in [6, 6.07) is 6.65. The summed E-state index contributed by atoms with van der Waals surface area (Å²) in [5, 5.41) is 4.01. The highest BCUT2D eigenvalue weighted by Gasteiger charge is 2.39. The molecule has 2 heterocycles. The van der Waals surface area contributed by atoms with Crippen molar-refractivity contribution in [3.63, 3.8) is 0 Å². The summed E-state index contributed by atoms with van der Waals surface area (Å²) in [4.78, 5) is 12.4. The van der Waals surface area contributed by atoms with Gasteiger partial charge in [0.1, 0.15) is 5.02 Å². The van der Waals surface area contributed by atoms with Gasteiger partial charge >= 0.3 is 6.18 Å². The van der Waals surface area contributed by atoms with Gasteiger partial charge in [0.25, 0.3) is 5.56 Å². The van der Waals surface area contributed by atoms with Crippen molar-refractivity contribution in [3.8, 4) is 11.4 Å². The van der Waals surface area contributed by atoms with Crippen molar-refractivity contribution < 1.29 is 13.2 Å². The first-order valence-corrected chi connectivity index (χ1v) is 12.9. The van der Waals surface area contributed by atoms with E-state index in [1.54, 1.807) is 0 Å². The van der Waals surface area contributed by atoms with E-state index in [-0.39, 0.29) is 21.3 Å². The number of nitrogens with two attached hydrogens (primary N) is 1. The van der Waals surface area contributed by atoms with Crippen LogP contribution < -0.4 is 11.3 Å². The number of aromatic nitrogens is 3. The molecule has 0 amide bonds. The normalized spacial score (nSPS) is 13.7. The molecule has 2 unspecified atom stereocenters. The maximum atomic E-state index is 14.1. The average Bonchev–Trinajstić information content (AvgIpc) is 3.30. The maximum absolute atomic E-state index is 14.1. The zero-order chi connectivity index (χ0) is 26.5. The largest absolute Gasteiger partial charge is 0.433 e. The van der Waals surface area contributed by atoms with E-state index in [0.29, 0.717) is 18.0 Å². The fourth-order valence-corrected chi connectivity index (χ4v) is 4.56. The molecule has 0 saturated carbocycles. The third kappa shape index (κ3) is 6.72. The Labute approximate surface area is 219 Å². The monoisotopic (exact) mass is 542 g/mol. The molecular formula is C26H31Cl2F3N4O. The van der Waals surface area contributed by atoms with Crippen LogP contribution in [0.1, 0.15) is 76.1 Å². The Hall–Kier alpha value is -2.29. The molecule has 36 heavy (non-hydrogen) atoms. The van der Waals surface area contributed by atoms with Gasteiger partial charge in [-0.1, -0.05) is 75.6 Å². The van der Waals surface area contributed by atoms with Gasteiger partial charge in [-0.25, -0.2) is 4.68 Å². The number of nitrogens with zero attached hydrogens (tertiary/aromatic N) is 3. The van der Waals surface area contributed by atoms with E-state index < -0.39 is 23.5 Å². The first kappa shape index (κ1) is 28.3. The van der Waals surface area contributed by atoms with Crippen LogP contribution in [-0.2, 0) is 6.18 Å². The molecule has 2 atom stereocenters. The van der Waals surface area contributed by atoms with Crippen molar-refractivity contribution in [2.45, 2.75) is 71.0 Å². The highest BCUT2D eigenvalue weighted by atomic mass is 35.5. The Morgan fingerprint density at radius 1 is 1.00 bits per heavy atom. The van der Waals surface area contributed by atoms with Crippen LogP contribution >= 0.6 is 23.2 Å². The van der Waals surface area contributed by atoms with Crippen LogP contribution in [-0.4, -0.2) is 14.3 Å². The van der Waals surface area contributed by atoms with E-state index in [1.165, 1.54) is 60.1 Å². The number of hydrogen-bond acceptors (Lipinski definition) is 3. The minimum absolute atomic E-state index is 0.0219. The zero-order valence-corrected chi connectivity index (χ0v) is 21.9. The predicted molar refractivity (Wildman–Crippen MR) is 138 cm³/mol. The highest BCUT2D eigenvalue weighted by Crippen LogP contribution is 2.37. The Kier molecular flexibility index (Phi) is 9.66. The molecule has 5 nitrogen and oxygen atoms in total. The van der Waals surface area contributed by atoms with Crippen LogP contribution in [0.2, 0.25) is 10.0 Å². The molecule has 2 N–H and O–H groups in total. The van der Waals surface area contributed by atoms with Gasteiger partial charge in [-0.3, -0.25) is 9.36 Å². The van der Waals surface area contributed by atoms with Crippen LogP contribution in [0.4, 0.5) is 13.2 Å². The molecule has 0 fully saturated rings. The van der Waals surface area contributed by atoms with Crippen molar-refractivity contribution in [2.24, 2.45) is 11.7 Å². The van der Waals surface area contributed by atoms with E-state index in [4.69, 9.17) is 28.9 Å². The standard InChI is InChI=1S/C26H31Cl2F3N4O/c1-3-4-7-17(2)8-5-6-9-22(32)20-16-33-35(24(20)26(29,30)31)19-12-10-18(11-13-19)34-15-14-21(27)23(28)25(34)36/h10-17,22H,3-9,32H2,1-2H3. The molecular weight excluding hydrogens is 512 g/mol. The lowest BCUT2D eigenvalue weighted by Crippen LogP contribution is -2.20. The summed E-state index contributed by atoms with van der Waals surface area (Å²) in [5.74, 6) is 0.609. The lowest BCUT2D eigenvalue weighted by atomic mass is 9.95. The number of hydrogen-bond donors (Lipinski definition) is 1. The van der Waals surface area contributed by atoms with E-state index in [0.717, 1.165) is 30.4 Å².